The number of rotatable bonds is 15. The Hall–Kier alpha value is -3.19. The maximum Gasteiger partial charge on any atom is 0.328 e. The van der Waals surface area contributed by atoms with Gasteiger partial charge in [-0.1, -0.05) is 81.2 Å². The number of carbonyl (C=O) groups excluding carboxylic acids is 4. The van der Waals surface area contributed by atoms with E-state index in [0.717, 1.165) is 12.1 Å². The average molecular weight is 673 g/mol. The molecular formula is C30H39Cl2N3O8S. The number of ether oxygens (including phenoxy) is 2. The Morgan fingerprint density at radius 1 is 0.773 bits per heavy atom. The number of halogens is 2. The lowest BCUT2D eigenvalue weighted by atomic mass is 10.0. The van der Waals surface area contributed by atoms with Gasteiger partial charge in [0.2, 0.25) is 15.9 Å². The van der Waals surface area contributed by atoms with E-state index in [1.165, 1.54) is 14.2 Å². The molecule has 2 aromatic rings. The van der Waals surface area contributed by atoms with Gasteiger partial charge in [0.25, 0.3) is 5.91 Å². The van der Waals surface area contributed by atoms with E-state index in [0.29, 0.717) is 5.56 Å². The van der Waals surface area contributed by atoms with E-state index in [2.05, 4.69) is 15.4 Å². The highest BCUT2D eigenvalue weighted by Crippen LogP contribution is 2.29. The summed E-state index contributed by atoms with van der Waals surface area (Å²) in [6.45, 7) is 7.43. The van der Waals surface area contributed by atoms with E-state index in [1.54, 1.807) is 30.3 Å². The molecule has 0 heterocycles. The Balaban J connectivity index is 2.47. The second-order valence-electron chi connectivity index (χ2n) is 11.0. The summed E-state index contributed by atoms with van der Waals surface area (Å²) < 4.78 is 39.4. The molecule has 0 saturated heterocycles. The lowest BCUT2D eigenvalue weighted by Crippen LogP contribution is -2.53. The topological polar surface area (TPSA) is 157 Å². The first-order chi connectivity index (χ1) is 20.6. The molecule has 0 radical (unpaired) electrons. The minimum Gasteiger partial charge on any atom is -0.467 e. The van der Waals surface area contributed by atoms with Crippen LogP contribution >= 0.6 is 23.2 Å². The molecule has 14 heteroatoms. The molecule has 0 saturated carbocycles. The van der Waals surface area contributed by atoms with E-state index < -0.39 is 56.8 Å². The van der Waals surface area contributed by atoms with Gasteiger partial charge in [-0.3, -0.25) is 9.59 Å². The molecule has 0 aliphatic heterocycles. The van der Waals surface area contributed by atoms with Gasteiger partial charge in [-0.05, 0) is 48.8 Å². The summed E-state index contributed by atoms with van der Waals surface area (Å²) in [6.07, 6.45) is 0.445. The van der Waals surface area contributed by atoms with Crippen LogP contribution in [0.4, 0.5) is 0 Å². The molecule has 0 unspecified atom stereocenters. The summed E-state index contributed by atoms with van der Waals surface area (Å²) in [5.74, 6) is -2.91. The van der Waals surface area contributed by atoms with Crippen LogP contribution in [0.1, 0.15) is 56.5 Å². The number of sulfonamides is 1. The van der Waals surface area contributed by atoms with Crippen molar-refractivity contribution >= 4 is 57.0 Å². The molecule has 2 amide bonds. The van der Waals surface area contributed by atoms with Crippen LogP contribution in [-0.4, -0.2) is 64.5 Å². The molecule has 0 aromatic heterocycles. The Kier molecular flexibility index (Phi) is 14.1. The number of carbonyl (C=O) groups is 4. The highest BCUT2D eigenvalue weighted by atomic mass is 35.5. The van der Waals surface area contributed by atoms with E-state index in [1.807, 2.05) is 27.7 Å². The zero-order valence-corrected chi connectivity index (χ0v) is 27.8. The van der Waals surface area contributed by atoms with Gasteiger partial charge in [0.05, 0.1) is 29.8 Å². The predicted octanol–water partition coefficient (Wildman–Crippen LogP) is 3.90. The molecule has 2 rings (SSSR count). The summed E-state index contributed by atoms with van der Waals surface area (Å²) in [6, 6.07) is 7.31. The normalized spacial score (nSPS) is 13.6. The van der Waals surface area contributed by atoms with E-state index in [9.17, 15) is 27.6 Å². The summed E-state index contributed by atoms with van der Waals surface area (Å²) in [7, 11) is -2.19. The maximum atomic E-state index is 13.7. The van der Waals surface area contributed by atoms with Gasteiger partial charge in [-0.25, -0.2) is 18.0 Å². The molecule has 44 heavy (non-hydrogen) atoms. The van der Waals surface area contributed by atoms with Gasteiger partial charge in [0.15, 0.2) is 0 Å². The van der Waals surface area contributed by atoms with Gasteiger partial charge in [0.1, 0.15) is 23.0 Å². The SMILES string of the molecule is COC(=O)[C@H](CC(C)C)NC(=O)c1cc(S(=O)(=O)N[C@@H](Cc2ccccc2)C(=O)N[C@@H](CC(C)C)C(=O)OC)c(Cl)cc1Cl. The number of nitrogens with one attached hydrogen (secondary N) is 3. The summed E-state index contributed by atoms with van der Waals surface area (Å²) in [5, 5.41) is 4.66. The van der Waals surface area contributed by atoms with Crippen molar-refractivity contribution < 1.29 is 37.1 Å². The van der Waals surface area contributed by atoms with Crippen LogP contribution < -0.4 is 15.4 Å². The summed E-state index contributed by atoms with van der Waals surface area (Å²) in [5.41, 5.74) is 0.371. The first-order valence-electron chi connectivity index (χ1n) is 13.9. The van der Waals surface area contributed by atoms with Crippen LogP contribution in [0.15, 0.2) is 47.4 Å². The summed E-state index contributed by atoms with van der Waals surface area (Å²) >= 11 is 12.6. The van der Waals surface area contributed by atoms with Crippen molar-refractivity contribution in [2.75, 3.05) is 14.2 Å². The fraction of sp³-hybridized carbons (Fsp3) is 0.467. The number of benzene rings is 2. The third-order valence-corrected chi connectivity index (χ3v) is 8.71. The van der Waals surface area contributed by atoms with Gasteiger partial charge in [-0.15, -0.1) is 0 Å². The van der Waals surface area contributed by atoms with Gasteiger partial charge in [-0.2, -0.15) is 4.72 Å². The van der Waals surface area contributed by atoms with E-state index in [-0.39, 0.29) is 46.7 Å². The monoisotopic (exact) mass is 671 g/mol. The molecule has 0 aliphatic rings. The van der Waals surface area contributed by atoms with Crippen LogP contribution in [-0.2, 0) is 40.3 Å². The smallest absolute Gasteiger partial charge is 0.328 e. The lowest BCUT2D eigenvalue weighted by Gasteiger charge is -2.24. The number of hydrogen-bond acceptors (Lipinski definition) is 8. The fourth-order valence-corrected chi connectivity index (χ4v) is 6.42. The van der Waals surface area contributed by atoms with Crippen molar-refractivity contribution in [2.24, 2.45) is 11.8 Å². The zero-order chi connectivity index (χ0) is 33.2. The lowest BCUT2D eigenvalue weighted by molar-refractivity contribution is -0.145. The second-order valence-corrected chi connectivity index (χ2v) is 13.5. The number of hydrogen-bond donors (Lipinski definition) is 3. The third-order valence-electron chi connectivity index (χ3n) is 6.46. The van der Waals surface area contributed by atoms with Gasteiger partial charge in [0, 0.05) is 0 Å². The molecule has 0 spiro atoms. The first kappa shape index (κ1) is 37.0. The Morgan fingerprint density at radius 3 is 1.80 bits per heavy atom. The molecule has 3 atom stereocenters. The maximum absolute atomic E-state index is 13.7. The van der Waals surface area contributed by atoms with Crippen molar-refractivity contribution in [3.05, 3.63) is 63.6 Å². The molecule has 0 fully saturated rings. The molecule has 0 aliphatic carbocycles. The molecular weight excluding hydrogens is 633 g/mol. The summed E-state index contributed by atoms with van der Waals surface area (Å²) in [4.78, 5) is 50.7. The van der Waals surface area contributed by atoms with Crippen LogP contribution in [0.3, 0.4) is 0 Å². The quantitative estimate of drug-likeness (QED) is 0.241. The minimum absolute atomic E-state index is 0.0143. The van der Waals surface area contributed by atoms with Crippen LogP contribution in [0, 0.1) is 11.8 Å². The molecule has 3 N–H and O–H groups in total. The van der Waals surface area contributed by atoms with Crippen molar-refractivity contribution in [3.8, 4) is 0 Å². The molecule has 0 bridgehead atoms. The largest absolute Gasteiger partial charge is 0.467 e. The number of amides is 2. The van der Waals surface area contributed by atoms with Crippen molar-refractivity contribution in [1.82, 2.24) is 15.4 Å². The third kappa shape index (κ3) is 10.8. The minimum atomic E-state index is -4.57. The number of esters is 2. The Morgan fingerprint density at radius 2 is 1.30 bits per heavy atom. The second kappa shape index (κ2) is 16.8. The van der Waals surface area contributed by atoms with Crippen LogP contribution in [0.2, 0.25) is 10.0 Å². The fourth-order valence-electron chi connectivity index (χ4n) is 4.36. The van der Waals surface area contributed by atoms with Crippen LogP contribution in [0.5, 0.6) is 0 Å². The Labute approximate surface area is 268 Å². The molecule has 2 aromatic carbocycles. The molecule has 11 nitrogen and oxygen atoms in total. The van der Waals surface area contributed by atoms with Crippen LogP contribution in [0.25, 0.3) is 0 Å². The van der Waals surface area contributed by atoms with E-state index >= 15 is 0 Å². The Bertz CT molecular complexity index is 1440. The molecule has 242 valence electrons. The highest BCUT2D eigenvalue weighted by Gasteiger charge is 2.32. The standard InChI is InChI=1S/C30H39Cl2N3O8S/c1-17(2)12-24(29(38)42-5)33-27(36)20-15-26(22(32)16-21(20)31)44(40,41)35-23(14-19-10-8-7-9-11-19)28(37)34-25(13-18(3)4)30(39)43-6/h7-11,15-18,23-25,35H,12-14H2,1-6H3,(H,33,36)(H,34,37)/t23-,24-,25-/m0/s1. The van der Waals surface area contributed by atoms with Crippen molar-refractivity contribution in [2.45, 2.75) is 70.0 Å². The average Bonchev–Trinajstić information content (AvgIpc) is 2.94. The zero-order valence-electron chi connectivity index (χ0n) is 25.5. The number of methoxy groups -OCH3 is 2. The van der Waals surface area contributed by atoms with Gasteiger partial charge < -0.3 is 20.1 Å². The van der Waals surface area contributed by atoms with Crippen molar-refractivity contribution in [1.29, 1.82) is 0 Å². The highest BCUT2D eigenvalue weighted by molar-refractivity contribution is 7.89. The van der Waals surface area contributed by atoms with Gasteiger partial charge >= 0.3 is 11.9 Å². The van der Waals surface area contributed by atoms with E-state index in [4.69, 9.17) is 32.7 Å². The predicted molar refractivity (Wildman–Crippen MR) is 167 cm³/mol. The van der Waals surface area contributed by atoms with Crippen molar-refractivity contribution in [3.63, 3.8) is 0 Å². The first-order valence-corrected chi connectivity index (χ1v) is 16.2.